The first-order chi connectivity index (χ1) is 13.5. The number of furan rings is 1. The van der Waals surface area contributed by atoms with Crippen molar-refractivity contribution in [2.45, 2.75) is 4.90 Å². The third-order valence-electron chi connectivity index (χ3n) is 4.09. The smallest absolute Gasteiger partial charge is 0.264 e. The topological polar surface area (TPSA) is 120 Å². The fraction of sp³-hybridized carbons (Fsp3) is 0.0588. The molecule has 0 aliphatic rings. The van der Waals surface area contributed by atoms with E-state index in [9.17, 15) is 8.42 Å². The van der Waals surface area contributed by atoms with Gasteiger partial charge in [-0.2, -0.15) is 14.6 Å². The summed E-state index contributed by atoms with van der Waals surface area (Å²) in [6.07, 6.45) is 3.26. The molecule has 5 aromatic rings. The van der Waals surface area contributed by atoms with E-state index in [1.54, 1.807) is 48.3 Å². The van der Waals surface area contributed by atoms with Crippen LogP contribution in [0.15, 0.2) is 64.2 Å². The molecule has 0 amide bonds. The van der Waals surface area contributed by atoms with Gasteiger partial charge in [0.2, 0.25) is 11.8 Å². The van der Waals surface area contributed by atoms with Crippen LogP contribution in [0.1, 0.15) is 0 Å². The van der Waals surface area contributed by atoms with E-state index in [2.05, 4.69) is 24.9 Å². The molecule has 140 valence electrons. The standard InChI is InChI=1S/C17H13N7O3S/c1-23-10-12-14(20-23)19-17(22-28(25,26)11-6-3-2-4-7-11)24-16(12)18-15(21-24)13-8-5-9-27-13/h2-10H,1H3,(H,19,20,22). The summed E-state index contributed by atoms with van der Waals surface area (Å²) in [4.78, 5) is 8.94. The second-order valence-corrected chi connectivity index (χ2v) is 7.72. The molecule has 1 aromatic carbocycles. The molecule has 0 fully saturated rings. The summed E-state index contributed by atoms with van der Waals surface area (Å²) in [6.45, 7) is 0. The second-order valence-electron chi connectivity index (χ2n) is 6.04. The van der Waals surface area contributed by atoms with Gasteiger partial charge in [-0.25, -0.2) is 18.1 Å². The van der Waals surface area contributed by atoms with Crippen LogP contribution in [-0.4, -0.2) is 37.8 Å². The zero-order valence-corrected chi connectivity index (χ0v) is 15.3. The number of nitrogens with zero attached hydrogens (tertiary/aromatic N) is 6. The molecule has 0 bridgehead atoms. The van der Waals surface area contributed by atoms with Gasteiger partial charge in [0.25, 0.3) is 10.0 Å². The summed E-state index contributed by atoms with van der Waals surface area (Å²) in [5.74, 6) is 0.747. The fourth-order valence-electron chi connectivity index (χ4n) is 2.85. The summed E-state index contributed by atoms with van der Waals surface area (Å²) in [6, 6.07) is 11.5. The summed E-state index contributed by atoms with van der Waals surface area (Å²) >= 11 is 0. The number of benzene rings is 1. The predicted octanol–water partition coefficient (Wildman–Crippen LogP) is 2.07. The van der Waals surface area contributed by atoms with Crippen LogP contribution in [-0.2, 0) is 17.1 Å². The van der Waals surface area contributed by atoms with Crippen LogP contribution in [0.5, 0.6) is 0 Å². The van der Waals surface area contributed by atoms with E-state index in [1.165, 1.54) is 22.9 Å². The average Bonchev–Trinajstić information content (AvgIpc) is 3.40. The Kier molecular flexibility index (Phi) is 3.46. The molecule has 0 aliphatic carbocycles. The summed E-state index contributed by atoms with van der Waals surface area (Å²) in [7, 11) is -2.12. The van der Waals surface area contributed by atoms with Gasteiger partial charge >= 0.3 is 0 Å². The van der Waals surface area contributed by atoms with Gasteiger partial charge in [0, 0.05) is 13.2 Å². The highest BCUT2D eigenvalue weighted by Gasteiger charge is 2.22. The van der Waals surface area contributed by atoms with E-state index < -0.39 is 10.0 Å². The quantitative estimate of drug-likeness (QED) is 0.494. The van der Waals surface area contributed by atoms with Gasteiger partial charge < -0.3 is 4.42 Å². The Morgan fingerprint density at radius 1 is 1.04 bits per heavy atom. The Morgan fingerprint density at radius 3 is 2.61 bits per heavy atom. The van der Waals surface area contributed by atoms with Crippen molar-refractivity contribution in [3.05, 3.63) is 54.9 Å². The number of aryl methyl sites for hydroxylation is 1. The monoisotopic (exact) mass is 395 g/mol. The first-order valence-electron chi connectivity index (χ1n) is 8.23. The molecule has 4 aromatic heterocycles. The molecule has 10 nitrogen and oxygen atoms in total. The maximum Gasteiger partial charge on any atom is 0.264 e. The number of sulfonamides is 1. The van der Waals surface area contributed by atoms with Gasteiger partial charge in [-0.05, 0) is 24.3 Å². The van der Waals surface area contributed by atoms with Crippen LogP contribution in [0.25, 0.3) is 28.3 Å². The largest absolute Gasteiger partial charge is 0.461 e. The summed E-state index contributed by atoms with van der Waals surface area (Å²) < 4.78 is 36.3. The number of hydrogen-bond acceptors (Lipinski definition) is 7. The van der Waals surface area contributed by atoms with Gasteiger partial charge in [-0.3, -0.25) is 4.68 Å². The third kappa shape index (κ3) is 2.60. The van der Waals surface area contributed by atoms with Gasteiger partial charge in [0.15, 0.2) is 17.1 Å². The molecule has 11 heteroatoms. The van der Waals surface area contributed by atoms with E-state index in [1.807, 2.05) is 0 Å². The van der Waals surface area contributed by atoms with Crippen LogP contribution in [0.3, 0.4) is 0 Å². The van der Waals surface area contributed by atoms with Crippen molar-refractivity contribution in [2.24, 2.45) is 7.05 Å². The number of fused-ring (bicyclic) bond motifs is 3. The van der Waals surface area contributed by atoms with Crippen LogP contribution in [0.4, 0.5) is 5.95 Å². The van der Waals surface area contributed by atoms with Crippen molar-refractivity contribution in [3.8, 4) is 11.6 Å². The zero-order chi connectivity index (χ0) is 19.3. The zero-order valence-electron chi connectivity index (χ0n) is 14.5. The van der Waals surface area contributed by atoms with Crippen LogP contribution in [0.2, 0.25) is 0 Å². The molecule has 0 atom stereocenters. The number of hydrogen-bond donors (Lipinski definition) is 1. The summed E-state index contributed by atoms with van der Waals surface area (Å²) in [5.41, 5.74) is 0.759. The molecule has 0 radical (unpaired) electrons. The number of nitrogens with one attached hydrogen (secondary N) is 1. The Hall–Kier alpha value is -3.73. The van der Waals surface area contributed by atoms with Crippen molar-refractivity contribution in [2.75, 3.05) is 4.72 Å². The lowest BCUT2D eigenvalue weighted by Gasteiger charge is -2.08. The molecular weight excluding hydrogens is 382 g/mol. The molecular formula is C17H13N7O3S. The number of anilines is 1. The average molecular weight is 395 g/mol. The van der Waals surface area contributed by atoms with Crippen molar-refractivity contribution >= 4 is 32.7 Å². The van der Waals surface area contributed by atoms with Crippen LogP contribution in [0, 0.1) is 0 Å². The minimum atomic E-state index is -3.87. The molecule has 0 saturated carbocycles. The van der Waals surface area contributed by atoms with E-state index in [4.69, 9.17) is 4.42 Å². The fourth-order valence-corrected chi connectivity index (χ4v) is 3.86. The van der Waals surface area contributed by atoms with E-state index >= 15 is 0 Å². The highest BCUT2D eigenvalue weighted by molar-refractivity contribution is 7.92. The molecule has 0 aliphatic heterocycles. The SMILES string of the molecule is Cn1cc2c(nc(NS(=O)(=O)c3ccccc3)n3nc(-c4ccco4)nc23)n1. The lowest BCUT2D eigenvalue weighted by Crippen LogP contribution is -2.17. The molecule has 1 N–H and O–H groups in total. The van der Waals surface area contributed by atoms with E-state index in [0.29, 0.717) is 28.3 Å². The molecule has 28 heavy (non-hydrogen) atoms. The first kappa shape index (κ1) is 16.4. The van der Waals surface area contributed by atoms with Crippen molar-refractivity contribution < 1.29 is 12.8 Å². The van der Waals surface area contributed by atoms with E-state index in [-0.39, 0.29) is 10.8 Å². The van der Waals surface area contributed by atoms with Crippen molar-refractivity contribution in [1.82, 2.24) is 29.4 Å². The number of rotatable bonds is 4. The highest BCUT2D eigenvalue weighted by Crippen LogP contribution is 2.25. The molecule has 0 spiro atoms. The Bertz CT molecular complexity index is 1400. The Morgan fingerprint density at radius 2 is 1.86 bits per heavy atom. The first-order valence-corrected chi connectivity index (χ1v) is 9.71. The normalized spacial score (nSPS) is 12.0. The van der Waals surface area contributed by atoms with E-state index in [0.717, 1.165) is 0 Å². The Labute approximate surface area is 158 Å². The minimum absolute atomic E-state index is 0.0182. The molecule has 0 unspecified atom stereocenters. The van der Waals surface area contributed by atoms with Gasteiger partial charge in [-0.1, -0.05) is 18.2 Å². The summed E-state index contributed by atoms with van der Waals surface area (Å²) in [5, 5.41) is 9.28. The molecule has 4 heterocycles. The third-order valence-corrected chi connectivity index (χ3v) is 5.43. The van der Waals surface area contributed by atoms with Crippen molar-refractivity contribution in [3.63, 3.8) is 0 Å². The minimum Gasteiger partial charge on any atom is -0.461 e. The maximum atomic E-state index is 12.8. The number of aromatic nitrogens is 6. The second kappa shape index (κ2) is 5.89. The Balaban J connectivity index is 1.73. The van der Waals surface area contributed by atoms with Gasteiger partial charge in [0.1, 0.15) is 0 Å². The van der Waals surface area contributed by atoms with Crippen molar-refractivity contribution in [1.29, 1.82) is 0 Å². The lowest BCUT2D eigenvalue weighted by atomic mass is 10.4. The predicted molar refractivity (Wildman–Crippen MR) is 100 cm³/mol. The van der Waals surface area contributed by atoms with Gasteiger partial charge in [-0.15, -0.1) is 5.10 Å². The molecule has 5 rings (SSSR count). The van der Waals surface area contributed by atoms with Gasteiger partial charge in [0.05, 0.1) is 16.5 Å². The lowest BCUT2D eigenvalue weighted by molar-refractivity contribution is 0.577. The highest BCUT2D eigenvalue weighted by atomic mass is 32.2. The maximum absolute atomic E-state index is 12.8. The van der Waals surface area contributed by atoms with Crippen LogP contribution < -0.4 is 4.72 Å². The van der Waals surface area contributed by atoms with Crippen LogP contribution >= 0.6 is 0 Å². The molecule has 0 saturated heterocycles.